The highest BCUT2D eigenvalue weighted by Crippen LogP contribution is 2.21. The fraction of sp³-hybridized carbons (Fsp3) is 0.667. The Hall–Kier alpha value is -1.86. The summed E-state index contributed by atoms with van der Waals surface area (Å²) in [7, 11) is 1.78. The number of nitrogens with zero attached hydrogens (tertiary/aromatic N) is 3. The molecule has 0 saturated carbocycles. The Balaban J connectivity index is 1.48. The second-order valence-electron chi connectivity index (χ2n) is 7.57. The van der Waals surface area contributed by atoms with Gasteiger partial charge in [-0.2, -0.15) is 0 Å². The molecule has 0 amide bonds. The number of morpholine rings is 1. The zero-order valence-corrected chi connectivity index (χ0v) is 17.2. The number of benzene rings is 1. The summed E-state index contributed by atoms with van der Waals surface area (Å²) in [5.74, 6) is 0.610. The summed E-state index contributed by atoms with van der Waals surface area (Å²) in [6.45, 7) is 9.02. The van der Waals surface area contributed by atoms with Gasteiger partial charge in [-0.3, -0.25) is 4.99 Å². The Kier molecular flexibility index (Phi) is 7.91. The number of nitrogens with one attached hydrogen (secondary N) is 2. The van der Waals surface area contributed by atoms with Crippen LogP contribution in [0.2, 0.25) is 0 Å². The molecule has 1 aromatic rings. The summed E-state index contributed by atoms with van der Waals surface area (Å²) in [4.78, 5) is 8.90. The van der Waals surface area contributed by atoms with E-state index in [1.807, 2.05) is 17.0 Å². The molecule has 0 atom stereocenters. The number of likely N-dealkylation sites (tertiary alicyclic amines) is 1. The number of ether oxygens (including phenoxy) is 1. The van der Waals surface area contributed by atoms with Crippen molar-refractivity contribution in [1.29, 1.82) is 0 Å². The first-order valence-corrected chi connectivity index (χ1v) is 10.5. The molecular formula is C21H34FN5O. The third-order valence-electron chi connectivity index (χ3n) is 5.52. The van der Waals surface area contributed by atoms with Gasteiger partial charge in [-0.25, -0.2) is 4.39 Å². The van der Waals surface area contributed by atoms with E-state index < -0.39 is 0 Å². The van der Waals surface area contributed by atoms with Gasteiger partial charge in [0.05, 0.1) is 18.9 Å². The zero-order valence-electron chi connectivity index (χ0n) is 17.2. The molecule has 2 heterocycles. The molecule has 0 radical (unpaired) electrons. The van der Waals surface area contributed by atoms with Crippen molar-refractivity contribution < 1.29 is 9.13 Å². The molecule has 28 heavy (non-hydrogen) atoms. The second kappa shape index (κ2) is 10.6. The minimum absolute atomic E-state index is 0.174. The van der Waals surface area contributed by atoms with Crippen LogP contribution in [0, 0.1) is 5.82 Å². The van der Waals surface area contributed by atoms with Gasteiger partial charge in [0.1, 0.15) is 5.82 Å². The third-order valence-corrected chi connectivity index (χ3v) is 5.52. The molecule has 7 heteroatoms. The first-order chi connectivity index (χ1) is 13.7. The van der Waals surface area contributed by atoms with Gasteiger partial charge in [-0.15, -0.1) is 0 Å². The predicted molar refractivity (Wildman–Crippen MR) is 113 cm³/mol. The molecule has 0 aromatic heterocycles. The van der Waals surface area contributed by atoms with Gasteiger partial charge in [0.15, 0.2) is 5.96 Å². The zero-order chi connectivity index (χ0) is 19.8. The van der Waals surface area contributed by atoms with Crippen molar-refractivity contribution >= 4 is 11.6 Å². The van der Waals surface area contributed by atoms with Crippen LogP contribution < -0.4 is 15.5 Å². The summed E-state index contributed by atoms with van der Waals surface area (Å²) in [6, 6.07) is 5.92. The average molecular weight is 392 g/mol. The van der Waals surface area contributed by atoms with Crippen molar-refractivity contribution in [3.63, 3.8) is 0 Å². The van der Waals surface area contributed by atoms with Gasteiger partial charge in [-0.05, 0) is 43.5 Å². The lowest BCUT2D eigenvalue weighted by Crippen LogP contribution is -2.48. The van der Waals surface area contributed by atoms with E-state index in [0.29, 0.717) is 31.5 Å². The summed E-state index contributed by atoms with van der Waals surface area (Å²) in [6.07, 6.45) is 3.47. The molecule has 2 fully saturated rings. The van der Waals surface area contributed by atoms with Crippen molar-refractivity contribution in [1.82, 2.24) is 15.5 Å². The fourth-order valence-electron chi connectivity index (χ4n) is 3.91. The summed E-state index contributed by atoms with van der Waals surface area (Å²) >= 11 is 0. The summed E-state index contributed by atoms with van der Waals surface area (Å²) < 4.78 is 19.9. The molecule has 0 unspecified atom stereocenters. The Morgan fingerprint density at radius 3 is 2.61 bits per heavy atom. The van der Waals surface area contributed by atoms with Crippen molar-refractivity contribution in [3.8, 4) is 0 Å². The Morgan fingerprint density at radius 1 is 1.21 bits per heavy atom. The van der Waals surface area contributed by atoms with Crippen molar-refractivity contribution in [2.24, 2.45) is 4.99 Å². The lowest BCUT2D eigenvalue weighted by atomic mass is 10.1. The van der Waals surface area contributed by atoms with Crippen LogP contribution in [0.1, 0.15) is 31.7 Å². The van der Waals surface area contributed by atoms with E-state index in [4.69, 9.17) is 4.74 Å². The fourth-order valence-corrected chi connectivity index (χ4v) is 3.91. The number of halogens is 1. The summed E-state index contributed by atoms with van der Waals surface area (Å²) in [5, 5.41) is 6.83. The van der Waals surface area contributed by atoms with Crippen molar-refractivity contribution in [2.45, 2.75) is 38.8 Å². The number of guanidine groups is 1. The first-order valence-electron chi connectivity index (χ1n) is 10.5. The SMILES string of the molecule is CCCN1CCC(NC(=NC)NCc2ccc(N3CCOCC3)c(F)c2)CC1. The van der Waals surface area contributed by atoms with Crippen LogP contribution in [0.15, 0.2) is 23.2 Å². The minimum Gasteiger partial charge on any atom is -0.378 e. The normalized spacial score (nSPS) is 19.7. The number of anilines is 1. The van der Waals surface area contributed by atoms with Crippen LogP contribution >= 0.6 is 0 Å². The largest absolute Gasteiger partial charge is 0.378 e. The van der Waals surface area contributed by atoms with E-state index in [1.165, 1.54) is 13.0 Å². The van der Waals surface area contributed by atoms with Crippen LogP contribution in [0.5, 0.6) is 0 Å². The topological polar surface area (TPSA) is 52.1 Å². The van der Waals surface area contributed by atoms with Crippen LogP contribution in [0.4, 0.5) is 10.1 Å². The highest BCUT2D eigenvalue weighted by atomic mass is 19.1. The maximum Gasteiger partial charge on any atom is 0.191 e. The van der Waals surface area contributed by atoms with E-state index in [1.54, 1.807) is 13.1 Å². The minimum atomic E-state index is -0.174. The number of piperidine rings is 1. The monoisotopic (exact) mass is 391 g/mol. The van der Waals surface area contributed by atoms with Gasteiger partial charge < -0.3 is 25.2 Å². The van der Waals surface area contributed by atoms with Crippen LogP contribution in [0.25, 0.3) is 0 Å². The van der Waals surface area contributed by atoms with Crippen LogP contribution in [-0.4, -0.2) is 69.9 Å². The number of hydrogen-bond acceptors (Lipinski definition) is 4. The van der Waals surface area contributed by atoms with Gasteiger partial charge in [0.2, 0.25) is 0 Å². The van der Waals surface area contributed by atoms with Crippen molar-refractivity contribution in [3.05, 3.63) is 29.6 Å². The molecule has 3 rings (SSSR count). The smallest absolute Gasteiger partial charge is 0.191 e. The van der Waals surface area contributed by atoms with E-state index in [9.17, 15) is 4.39 Å². The molecule has 2 aliphatic rings. The standard InChI is InChI=1S/C21H34FN5O/c1-3-8-26-9-6-18(7-10-26)25-21(23-2)24-16-17-4-5-20(19(22)15-17)27-11-13-28-14-12-27/h4-5,15,18H,3,6-14,16H2,1-2H3,(H2,23,24,25). The maximum absolute atomic E-state index is 14.6. The number of rotatable bonds is 6. The molecule has 0 bridgehead atoms. The Labute approximate surface area is 168 Å². The first kappa shape index (κ1) is 20.9. The molecule has 1 aromatic carbocycles. The third kappa shape index (κ3) is 5.82. The molecule has 2 saturated heterocycles. The Bertz CT molecular complexity index is 640. The molecular weight excluding hydrogens is 357 g/mol. The molecule has 6 nitrogen and oxygen atoms in total. The van der Waals surface area contributed by atoms with Gasteiger partial charge in [-0.1, -0.05) is 13.0 Å². The van der Waals surface area contributed by atoms with Crippen LogP contribution in [0.3, 0.4) is 0 Å². The highest BCUT2D eigenvalue weighted by molar-refractivity contribution is 5.80. The number of hydrogen-bond donors (Lipinski definition) is 2. The Morgan fingerprint density at radius 2 is 1.96 bits per heavy atom. The van der Waals surface area contributed by atoms with E-state index in [2.05, 4.69) is 27.4 Å². The van der Waals surface area contributed by atoms with E-state index in [-0.39, 0.29) is 5.82 Å². The molecule has 2 N–H and O–H groups in total. The molecule has 2 aliphatic heterocycles. The van der Waals surface area contributed by atoms with Gasteiger partial charge in [0.25, 0.3) is 0 Å². The van der Waals surface area contributed by atoms with Gasteiger partial charge in [0, 0.05) is 45.8 Å². The second-order valence-corrected chi connectivity index (χ2v) is 7.57. The lowest BCUT2D eigenvalue weighted by molar-refractivity contribution is 0.122. The number of aliphatic imine (C=N–C) groups is 1. The molecule has 0 spiro atoms. The van der Waals surface area contributed by atoms with Crippen LogP contribution in [-0.2, 0) is 11.3 Å². The quantitative estimate of drug-likeness (QED) is 0.575. The van der Waals surface area contributed by atoms with E-state index in [0.717, 1.165) is 50.5 Å². The lowest BCUT2D eigenvalue weighted by Gasteiger charge is -2.32. The predicted octanol–water partition coefficient (Wildman–Crippen LogP) is 2.20. The average Bonchev–Trinajstić information content (AvgIpc) is 2.73. The summed E-state index contributed by atoms with van der Waals surface area (Å²) in [5.41, 5.74) is 1.57. The molecule has 0 aliphatic carbocycles. The van der Waals surface area contributed by atoms with Gasteiger partial charge >= 0.3 is 0 Å². The maximum atomic E-state index is 14.6. The highest BCUT2D eigenvalue weighted by Gasteiger charge is 2.19. The van der Waals surface area contributed by atoms with Crippen molar-refractivity contribution in [2.75, 3.05) is 57.9 Å². The van der Waals surface area contributed by atoms with E-state index >= 15 is 0 Å². The molecule has 156 valence electrons.